The highest BCUT2D eigenvalue weighted by molar-refractivity contribution is 5.88. The van der Waals surface area contributed by atoms with Crippen LogP contribution in [-0.4, -0.2) is 17.1 Å². The number of phenols is 1. The monoisotopic (exact) mass is 325 g/mol. The van der Waals surface area contributed by atoms with Crippen molar-refractivity contribution >= 4 is 5.91 Å². The molecule has 1 amide bonds. The number of benzene rings is 2. The van der Waals surface area contributed by atoms with Gasteiger partial charge in [-0.05, 0) is 49.4 Å². The summed E-state index contributed by atoms with van der Waals surface area (Å²) < 4.78 is 0. The quantitative estimate of drug-likeness (QED) is 0.801. The number of carbonyl (C=O) groups excluding carboxylic acids is 1. The van der Waals surface area contributed by atoms with Gasteiger partial charge in [-0.2, -0.15) is 0 Å². The number of amides is 1. The average molecular weight is 325 g/mol. The second-order valence-corrected chi connectivity index (χ2v) is 6.40. The number of hydrogen-bond donors (Lipinski definition) is 2. The molecule has 2 N–H and O–H groups in total. The Bertz CT molecular complexity index is 645. The average Bonchev–Trinajstić information content (AvgIpc) is 2.59. The van der Waals surface area contributed by atoms with E-state index in [-0.39, 0.29) is 17.7 Å². The predicted octanol–water partition coefficient (Wildman–Crippen LogP) is 4.20. The summed E-state index contributed by atoms with van der Waals surface area (Å²) in [6.07, 6.45) is 2.28. The number of nitrogens with one attached hydrogen (secondary N) is 1. The zero-order valence-corrected chi connectivity index (χ0v) is 14.8. The van der Waals surface area contributed by atoms with Crippen LogP contribution in [0.25, 0.3) is 0 Å². The number of phenolic OH excluding ortho intramolecular Hbond substituents is 1. The first-order valence-electron chi connectivity index (χ1n) is 8.66. The predicted molar refractivity (Wildman–Crippen MR) is 98.1 cm³/mol. The minimum Gasteiger partial charge on any atom is -0.508 e. The lowest BCUT2D eigenvalue weighted by atomic mass is 9.75. The van der Waals surface area contributed by atoms with Gasteiger partial charge in [0.15, 0.2) is 0 Å². The molecule has 0 aromatic heterocycles. The lowest BCUT2D eigenvalue weighted by Crippen LogP contribution is -2.47. The summed E-state index contributed by atoms with van der Waals surface area (Å²) in [6, 6.07) is 17.2. The SMILES string of the molecule is CCC(CC)(C(=O)NC(C)Cc1ccc(O)cc1)c1ccccc1. The zero-order chi connectivity index (χ0) is 17.6. The van der Waals surface area contributed by atoms with E-state index in [9.17, 15) is 9.90 Å². The van der Waals surface area contributed by atoms with Crippen molar-refractivity contribution in [2.24, 2.45) is 0 Å². The van der Waals surface area contributed by atoms with Gasteiger partial charge >= 0.3 is 0 Å². The van der Waals surface area contributed by atoms with Gasteiger partial charge in [-0.25, -0.2) is 0 Å². The molecule has 0 bridgehead atoms. The van der Waals surface area contributed by atoms with Gasteiger partial charge in [-0.3, -0.25) is 4.79 Å². The summed E-state index contributed by atoms with van der Waals surface area (Å²) >= 11 is 0. The van der Waals surface area contributed by atoms with Gasteiger partial charge < -0.3 is 10.4 Å². The summed E-state index contributed by atoms with van der Waals surface area (Å²) in [5.41, 5.74) is 1.69. The molecule has 1 unspecified atom stereocenters. The van der Waals surface area contributed by atoms with Crippen LogP contribution in [0.5, 0.6) is 5.75 Å². The van der Waals surface area contributed by atoms with Gasteiger partial charge in [0.05, 0.1) is 5.41 Å². The molecule has 0 radical (unpaired) electrons. The van der Waals surface area contributed by atoms with Crippen LogP contribution in [0.2, 0.25) is 0 Å². The summed E-state index contributed by atoms with van der Waals surface area (Å²) in [6.45, 7) is 6.16. The van der Waals surface area contributed by atoms with Crippen LogP contribution in [0.15, 0.2) is 54.6 Å². The van der Waals surface area contributed by atoms with Gasteiger partial charge in [-0.15, -0.1) is 0 Å². The molecule has 0 saturated carbocycles. The first-order chi connectivity index (χ1) is 11.5. The second-order valence-electron chi connectivity index (χ2n) is 6.40. The maximum Gasteiger partial charge on any atom is 0.230 e. The van der Waals surface area contributed by atoms with Gasteiger partial charge in [0.1, 0.15) is 5.75 Å². The highest BCUT2D eigenvalue weighted by atomic mass is 16.3. The summed E-state index contributed by atoms with van der Waals surface area (Å²) in [7, 11) is 0. The van der Waals surface area contributed by atoms with Crippen molar-refractivity contribution in [2.45, 2.75) is 51.5 Å². The first-order valence-corrected chi connectivity index (χ1v) is 8.66. The normalized spacial score (nSPS) is 12.6. The molecule has 3 nitrogen and oxygen atoms in total. The van der Waals surface area contributed by atoms with Crippen LogP contribution in [0, 0.1) is 0 Å². The van der Waals surface area contributed by atoms with Gasteiger partial charge in [0, 0.05) is 6.04 Å². The van der Waals surface area contributed by atoms with Crippen molar-refractivity contribution in [2.75, 3.05) is 0 Å². The third kappa shape index (κ3) is 3.97. The molecule has 0 heterocycles. The summed E-state index contributed by atoms with van der Waals surface area (Å²) in [5, 5.41) is 12.5. The minimum atomic E-state index is -0.482. The molecule has 1 atom stereocenters. The van der Waals surface area contributed by atoms with E-state index in [4.69, 9.17) is 0 Å². The number of aromatic hydroxyl groups is 1. The Hall–Kier alpha value is -2.29. The van der Waals surface area contributed by atoms with E-state index >= 15 is 0 Å². The van der Waals surface area contributed by atoms with Crippen molar-refractivity contribution in [3.63, 3.8) is 0 Å². The number of hydrogen-bond acceptors (Lipinski definition) is 2. The topological polar surface area (TPSA) is 49.3 Å². The molecule has 0 fully saturated rings. The third-order valence-corrected chi connectivity index (χ3v) is 4.82. The second kappa shape index (κ2) is 8.00. The van der Waals surface area contributed by atoms with Crippen LogP contribution in [-0.2, 0) is 16.6 Å². The summed E-state index contributed by atoms with van der Waals surface area (Å²) in [5.74, 6) is 0.348. The van der Waals surface area contributed by atoms with E-state index in [1.165, 1.54) is 0 Å². The lowest BCUT2D eigenvalue weighted by Gasteiger charge is -2.32. The van der Waals surface area contributed by atoms with E-state index in [0.717, 1.165) is 30.4 Å². The molecule has 0 saturated heterocycles. The Balaban J connectivity index is 2.11. The fraction of sp³-hybridized carbons (Fsp3) is 0.381. The largest absolute Gasteiger partial charge is 0.508 e. The molecule has 0 spiro atoms. The van der Waals surface area contributed by atoms with Crippen molar-refractivity contribution < 1.29 is 9.90 Å². The molecule has 0 aliphatic carbocycles. The fourth-order valence-electron chi connectivity index (χ4n) is 3.27. The molecule has 128 valence electrons. The van der Waals surface area contributed by atoms with Crippen LogP contribution < -0.4 is 5.32 Å². The van der Waals surface area contributed by atoms with E-state index < -0.39 is 5.41 Å². The lowest BCUT2D eigenvalue weighted by molar-refractivity contribution is -0.127. The Morgan fingerprint density at radius 2 is 1.62 bits per heavy atom. The fourth-order valence-corrected chi connectivity index (χ4v) is 3.27. The molecular formula is C21H27NO2. The van der Waals surface area contributed by atoms with Crippen LogP contribution in [0.1, 0.15) is 44.7 Å². The molecule has 0 aliphatic rings. The maximum absolute atomic E-state index is 13.0. The van der Waals surface area contributed by atoms with E-state index in [1.54, 1.807) is 12.1 Å². The van der Waals surface area contributed by atoms with Gasteiger partial charge in [0.25, 0.3) is 0 Å². The number of rotatable bonds is 7. The molecular weight excluding hydrogens is 298 g/mol. The van der Waals surface area contributed by atoms with Gasteiger partial charge in [0.2, 0.25) is 5.91 Å². The molecule has 0 aliphatic heterocycles. The van der Waals surface area contributed by atoms with Gasteiger partial charge in [-0.1, -0.05) is 56.3 Å². The molecule has 2 aromatic carbocycles. The highest BCUT2D eigenvalue weighted by Crippen LogP contribution is 2.32. The highest BCUT2D eigenvalue weighted by Gasteiger charge is 2.37. The van der Waals surface area contributed by atoms with Crippen molar-refractivity contribution in [3.05, 3.63) is 65.7 Å². The van der Waals surface area contributed by atoms with Crippen LogP contribution in [0.4, 0.5) is 0 Å². The standard InChI is InChI=1S/C21H27NO2/c1-4-21(5-2,18-9-7-6-8-10-18)20(24)22-16(3)15-17-11-13-19(23)14-12-17/h6-14,16,23H,4-5,15H2,1-3H3,(H,22,24). The molecule has 2 aromatic rings. The summed E-state index contributed by atoms with van der Waals surface area (Å²) in [4.78, 5) is 13.0. The van der Waals surface area contributed by atoms with Crippen molar-refractivity contribution in [1.82, 2.24) is 5.32 Å². The smallest absolute Gasteiger partial charge is 0.230 e. The molecule has 24 heavy (non-hydrogen) atoms. The Labute approximate surface area is 144 Å². The van der Waals surface area contributed by atoms with Crippen LogP contribution >= 0.6 is 0 Å². The van der Waals surface area contributed by atoms with Crippen molar-refractivity contribution in [3.8, 4) is 5.75 Å². The Kier molecular flexibility index (Phi) is 6.02. The minimum absolute atomic E-state index is 0.0308. The molecule has 2 rings (SSSR count). The Morgan fingerprint density at radius 3 is 2.17 bits per heavy atom. The zero-order valence-electron chi connectivity index (χ0n) is 14.8. The maximum atomic E-state index is 13.0. The first kappa shape index (κ1) is 18.1. The van der Waals surface area contributed by atoms with Crippen molar-refractivity contribution in [1.29, 1.82) is 0 Å². The molecule has 3 heteroatoms. The van der Waals surface area contributed by atoms with E-state index in [2.05, 4.69) is 19.2 Å². The number of carbonyl (C=O) groups is 1. The van der Waals surface area contributed by atoms with E-state index in [1.807, 2.05) is 49.4 Å². The third-order valence-electron chi connectivity index (χ3n) is 4.82. The van der Waals surface area contributed by atoms with E-state index in [0.29, 0.717) is 0 Å². The van der Waals surface area contributed by atoms with Crippen LogP contribution in [0.3, 0.4) is 0 Å². The Morgan fingerprint density at radius 1 is 1.04 bits per heavy atom.